The van der Waals surface area contributed by atoms with Crippen LogP contribution in [-0.4, -0.2) is 69.2 Å². The zero-order chi connectivity index (χ0) is 20.7. The van der Waals surface area contributed by atoms with Crippen LogP contribution in [0.4, 0.5) is 0 Å². The van der Waals surface area contributed by atoms with Gasteiger partial charge in [-0.15, -0.1) is 0 Å². The number of carbonyl (C=O) groups excluding carboxylic acids is 1. The van der Waals surface area contributed by atoms with Crippen molar-refractivity contribution in [1.29, 1.82) is 5.26 Å². The molecular formula is C20H29N3O4S. The van der Waals surface area contributed by atoms with Gasteiger partial charge in [-0.05, 0) is 36.6 Å². The second-order valence-corrected chi connectivity index (χ2v) is 9.45. The maximum atomic E-state index is 12.4. The molecule has 1 fully saturated rings. The van der Waals surface area contributed by atoms with E-state index in [-0.39, 0.29) is 22.8 Å². The van der Waals surface area contributed by atoms with Crippen molar-refractivity contribution in [2.24, 2.45) is 5.92 Å². The number of carbonyl (C=O) groups is 1. The van der Waals surface area contributed by atoms with Crippen molar-refractivity contribution in [2.75, 3.05) is 39.0 Å². The highest BCUT2D eigenvalue weighted by atomic mass is 32.2. The number of benzene rings is 1. The highest BCUT2D eigenvalue weighted by Crippen LogP contribution is 2.17. The van der Waals surface area contributed by atoms with Crippen LogP contribution in [0, 0.1) is 17.2 Å². The van der Waals surface area contributed by atoms with E-state index in [1.807, 2.05) is 18.7 Å². The quantitative estimate of drug-likeness (QED) is 0.612. The molecule has 0 aliphatic carbocycles. The molecule has 1 aromatic rings. The van der Waals surface area contributed by atoms with Gasteiger partial charge in [-0.1, -0.05) is 13.8 Å². The van der Waals surface area contributed by atoms with Crippen molar-refractivity contribution in [3.05, 3.63) is 24.3 Å². The summed E-state index contributed by atoms with van der Waals surface area (Å²) in [5.74, 6) is 0.967. The summed E-state index contributed by atoms with van der Waals surface area (Å²) < 4.78 is 28.5. The maximum absolute atomic E-state index is 12.4. The van der Waals surface area contributed by atoms with E-state index in [1.54, 1.807) is 12.1 Å². The molecule has 0 saturated carbocycles. The fourth-order valence-corrected chi connectivity index (χ4v) is 3.89. The largest absolute Gasteiger partial charge is 0.494 e. The number of ether oxygens (including phenoxy) is 1. The molecule has 1 amide bonds. The molecule has 1 aromatic carbocycles. The van der Waals surface area contributed by atoms with E-state index in [4.69, 9.17) is 4.74 Å². The minimum Gasteiger partial charge on any atom is -0.494 e. The molecule has 8 heteroatoms. The molecule has 1 heterocycles. The van der Waals surface area contributed by atoms with Crippen molar-refractivity contribution in [3.8, 4) is 11.8 Å². The molecule has 0 radical (unpaired) electrons. The van der Waals surface area contributed by atoms with Gasteiger partial charge in [0.15, 0.2) is 9.84 Å². The third kappa shape index (κ3) is 6.21. The number of sulfone groups is 1. The lowest BCUT2D eigenvalue weighted by atomic mass is 10.0. The third-order valence-electron chi connectivity index (χ3n) is 4.88. The lowest BCUT2D eigenvalue weighted by molar-refractivity contribution is -0.133. The van der Waals surface area contributed by atoms with Crippen LogP contribution in [0.15, 0.2) is 29.2 Å². The van der Waals surface area contributed by atoms with Gasteiger partial charge in [0.1, 0.15) is 11.8 Å². The van der Waals surface area contributed by atoms with E-state index in [0.29, 0.717) is 38.3 Å². The summed E-state index contributed by atoms with van der Waals surface area (Å²) in [6, 6.07) is 8.53. The topological polar surface area (TPSA) is 90.7 Å². The van der Waals surface area contributed by atoms with Crippen molar-refractivity contribution < 1.29 is 17.9 Å². The molecular weight excluding hydrogens is 378 g/mol. The van der Waals surface area contributed by atoms with Crippen LogP contribution < -0.4 is 4.74 Å². The summed E-state index contributed by atoms with van der Waals surface area (Å²) >= 11 is 0. The fourth-order valence-electron chi connectivity index (χ4n) is 3.26. The predicted molar refractivity (Wildman–Crippen MR) is 107 cm³/mol. The summed E-state index contributed by atoms with van der Waals surface area (Å²) in [5.41, 5.74) is 0. The molecule has 0 aromatic heterocycles. The monoisotopic (exact) mass is 407 g/mol. The summed E-state index contributed by atoms with van der Waals surface area (Å²) in [6.45, 7) is 7.24. The number of nitriles is 1. The van der Waals surface area contributed by atoms with Crippen molar-refractivity contribution >= 4 is 15.7 Å². The Morgan fingerprint density at radius 2 is 1.79 bits per heavy atom. The predicted octanol–water partition coefficient (Wildman–Crippen LogP) is 1.94. The van der Waals surface area contributed by atoms with Crippen LogP contribution >= 0.6 is 0 Å². The Bertz CT molecular complexity index is 792. The fraction of sp³-hybridized carbons (Fsp3) is 0.600. The van der Waals surface area contributed by atoms with Gasteiger partial charge < -0.3 is 9.64 Å². The minimum atomic E-state index is -3.21. The Labute approximate surface area is 167 Å². The smallest absolute Gasteiger partial charge is 0.222 e. The summed E-state index contributed by atoms with van der Waals surface area (Å²) in [6.07, 6.45) is 2.17. The first-order chi connectivity index (χ1) is 13.2. The molecule has 0 bridgehead atoms. The van der Waals surface area contributed by atoms with E-state index < -0.39 is 9.84 Å². The first-order valence-electron chi connectivity index (χ1n) is 9.56. The number of piperazine rings is 1. The molecule has 1 saturated heterocycles. The van der Waals surface area contributed by atoms with Crippen molar-refractivity contribution in [1.82, 2.24) is 9.80 Å². The van der Waals surface area contributed by atoms with Crippen molar-refractivity contribution in [3.63, 3.8) is 0 Å². The normalized spacial score (nSPS) is 16.6. The SMILES string of the molecule is CC(C)C(C#N)N1CCN(C(=O)CCCOc2ccc(S(C)(=O)=O)cc2)CC1. The Hall–Kier alpha value is -2.11. The number of rotatable bonds is 8. The van der Waals surface area contributed by atoms with Gasteiger partial charge in [0.05, 0.1) is 17.6 Å². The van der Waals surface area contributed by atoms with Gasteiger partial charge in [0.2, 0.25) is 5.91 Å². The molecule has 1 aliphatic rings. The first-order valence-corrected chi connectivity index (χ1v) is 11.5. The second kappa shape index (κ2) is 9.89. The molecule has 154 valence electrons. The molecule has 28 heavy (non-hydrogen) atoms. The van der Waals surface area contributed by atoms with Crippen LogP contribution in [0.2, 0.25) is 0 Å². The summed E-state index contributed by atoms with van der Waals surface area (Å²) in [7, 11) is -3.21. The molecule has 7 nitrogen and oxygen atoms in total. The lowest BCUT2D eigenvalue weighted by Gasteiger charge is -2.38. The standard InChI is InChI=1S/C20H29N3O4S/c1-16(2)19(15-21)22-10-12-23(13-11-22)20(24)5-4-14-27-17-6-8-18(9-7-17)28(3,25)26/h6-9,16,19H,4-5,10-14H2,1-3H3. The van der Waals surface area contributed by atoms with E-state index in [2.05, 4.69) is 11.0 Å². The minimum absolute atomic E-state index is 0.0975. The average molecular weight is 408 g/mol. The maximum Gasteiger partial charge on any atom is 0.222 e. The Kier molecular flexibility index (Phi) is 7.84. The highest BCUT2D eigenvalue weighted by molar-refractivity contribution is 7.90. The molecule has 0 spiro atoms. The summed E-state index contributed by atoms with van der Waals surface area (Å²) in [4.78, 5) is 16.6. The van der Waals surface area contributed by atoms with Crippen LogP contribution in [0.3, 0.4) is 0 Å². The highest BCUT2D eigenvalue weighted by Gasteiger charge is 2.27. The summed E-state index contributed by atoms with van der Waals surface area (Å²) in [5, 5.41) is 9.30. The zero-order valence-electron chi connectivity index (χ0n) is 16.8. The average Bonchev–Trinajstić information content (AvgIpc) is 2.65. The van der Waals surface area contributed by atoms with E-state index in [0.717, 1.165) is 19.3 Å². The van der Waals surface area contributed by atoms with Gasteiger partial charge >= 0.3 is 0 Å². The third-order valence-corrected chi connectivity index (χ3v) is 6.01. The van der Waals surface area contributed by atoms with Crippen LogP contribution in [0.5, 0.6) is 5.75 Å². The van der Waals surface area contributed by atoms with Crippen LogP contribution in [0.25, 0.3) is 0 Å². The van der Waals surface area contributed by atoms with Gasteiger partial charge in [-0.2, -0.15) is 5.26 Å². The van der Waals surface area contributed by atoms with E-state index >= 15 is 0 Å². The number of amides is 1. The zero-order valence-corrected chi connectivity index (χ0v) is 17.6. The van der Waals surface area contributed by atoms with Gasteiger partial charge in [-0.25, -0.2) is 8.42 Å². The number of nitrogens with zero attached hydrogens (tertiary/aromatic N) is 3. The van der Waals surface area contributed by atoms with Gasteiger partial charge in [0.25, 0.3) is 0 Å². The Morgan fingerprint density at radius 1 is 1.18 bits per heavy atom. The first kappa shape index (κ1) is 22.2. The molecule has 0 N–H and O–H groups in total. The Balaban J connectivity index is 1.70. The number of hydrogen-bond acceptors (Lipinski definition) is 6. The van der Waals surface area contributed by atoms with Crippen LogP contribution in [0.1, 0.15) is 26.7 Å². The lowest BCUT2D eigenvalue weighted by Crippen LogP contribution is -2.52. The van der Waals surface area contributed by atoms with Gasteiger partial charge in [0, 0.05) is 38.9 Å². The molecule has 2 rings (SSSR count). The van der Waals surface area contributed by atoms with Crippen LogP contribution in [-0.2, 0) is 14.6 Å². The molecule has 1 atom stereocenters. The molecule has 1 aliphatic heterocycles. The number of hydrogen-bond donors (Lipinski definition) is 0. The Morgan fingerprint density at radius 3 is 2.29 bits per heavy atom. The van der Waals surface area contributed by atoms with E-state index in [1.165, 1.54) is 12.1 Å². The van der Waals surface area contributed by atoms with Gasteiger partial charge in [-0.3, -0.25) is 9.69 Å². The molecule has 1 unspecified atom stereocenters. The van der Waals surface area contributed by atoms with Crippen molar-refractivity contribution in [2.45, 2.75) is 37.6 Å². The second-order valence-electron chi connectivity index (χ2n) is 7.43. The van der Waals surface area contributed by atoms with E-state index in [9.17, 15) is 18.5 Å².